The molecule has 0 saturated heterocycles. The number of hydrogen-bond donors (Lipinski definition) is 2. The second-order valence-electron chi connectivity index (χ2n) is 5.00. The zero-order valence-electron chi connectivity index (χ0n) is 12.3. The van der Waals surface area contributed by atoms with E-state index in [0.29, 0.717) is 23.6 Å². The third kappa shape index (κ3) is 4.74. The lowest BCUT2D eigenvalue weighted by molar-refractivity contribution is -0.121. The normalized spacial score (nSPS) is 10.3. The van der Waals surface area contributed by atoms with Crippen LogP contribution < -0.4 is 10.6 Å². The summed E-state index contributed by atoms with van der Waals surface area (Å²) in [5, 5.41) is 6.58. The number of carbonyl (C=O) groups is 1. The van der Waals surface area contributed by atoms with Crippen LogP contribution >= 0.6 is 11.6 Å². The second-order valence-corrected chi connectivity index (χ2v) is 5.44. The van der Waals surface area contributed by atoms with Gasteiger partial charge in [-0.3, -0.25) is 4.79 Å². The summed E-state index contributed by atoms with van der Waals surface area (Å²) in [7, 11) is 0. The van der Waals surface area contributed by atoms with Crippen molar-refractivity contribution in [3.8, 4) is 0 Å². The lowest BCUT2D eigenvalue weighted by Crippen LogP contribution is -2.25. The number of carbonyl (C=O) groups excluding carboxylic acids is 1. The van der Waals surface area contributed by atoms with Gasteiger partial charge < -0.3 is 10.6 Å². The Kier molecular flexibility index (Phi) is 5.78. The molecule has 116 valence electrons. The number of anilines is 1. The Morgan fingerprint density at radius 1 is 1.23 bits per heavy atom. The number of amides is 1. The van der Waals surface area contributed by atoms with Crippen LogP contribution in [0.1, 0.15) is 17.5 Å². The molecule has 22 heavy (non-hydrogen) atoms. The van der Waals surface area contributed by atoms with E-state index in [9.17, 15) is 9.18 Å². The second kappa shape index (κ2) is 7.80. The highest BCUT2D eigenvalue weighted by Crippen LogP contribution is 2.19. The lowest BCUT2D eigenvalue weighted by Gasteiger charge is -2.10. The molecule has 1 amide bonds. The molecule has 2 aromatic rings. The number of halogens is 2. The van der Waals surface area contributed by atoms with E-state index in [1.807, 2.05) is 19.1 Å². The summed E-state index contributed by atoms with van der Waals surface area (Å²) in [5.74, 6) is -0.430. The quantitative estimate of drug-likeness (QED) is 0.847. The van der Waals surface area contributed by atoms with E-state index in [1.165, 1.54) is 6.07 Å². The largest absolute Gasteiger partial charge is 0.384 e. The minimum Gasteiger partial charge on any atom is -0.384 e. The predicted molar refractivity (Wildman–Crippen MR) is 87.5 cm³/mol. The Bertz CT molecular complexity index is 661. The molecule has 0 saturated carbocycles. The van der Waals surface area contributed by atoms with E-state index in [1.54, 1.807) is 24.3 Å². The number of aryl methyl sites for hydroxylation is 1. The van der Waals surface area contributed by atoms with Gasteiger partial charge in [0.2, 0.25) is 5.91 Å². The summed E-state index contributed by atoms with van der Waals surface area (Å²) in [5.41, 5.74) is 2.46. The van der Waals surface area contributed by atoms with Crippen LogP contribution in [0.15, 0.2) is 42.5 Å². The van der Waals surface area contributed by atoms with Crippen molar-refractivity contribution in [1.29, 1.82) is 0 Å². The van der Waals surface area contributed by atoms with Crippen molar-refractivity contribution in [1.82, 2.24) is 5.32 Å². The van der Waals surface area contributed by atoms with Crippen LogP contribution in [0.5, 0.6) is 0 Å². The number of benzene rings is 2. The van der Waals surface area contributed by atoms with Crippen LogP contribution in [-0.2, 0) is 11.3 Å². The molecule has 2 rings (SSSR count). The van der Waals surface area contributed by atoms with Crippen molar-refractivity contribution < 1.29 is 9.18 Å². The van der Waals surface area contributed by atoms with Gasteiger partial charge in [-0.2, -0.15) is 0 Å². The summed E-state index contributed by atoms with van der Waals surface area (Å²) in [6.45, 7) is 2.66. The van der Waals surface area contributed by atoms with Gasteiger partial charge in [0, 0.05) is 35.8 Å². The maximum Gasteiger partial charge on any atom is 0.222 e. The average Bonchev–Trinajstić information content (AvgIpc) is 2.49. The van der Waals surface area contributed by atoms with Crippen molar-refractivity contribution in [2.24, 2.45) is 0 Å². The van der Waals surface area contributed by atoms with Gasteiger partial charge in [-0.05, 0) is 36.8 Å². The van der Waals surface area contributed by atoms with Gasteiger partial charge in [0.15, 0.2) is 0 Å². The van der Waals surface area contributed by atoms with Gasteiger partial charge in [-0.25, -0.2) is 4.39 Å². The van der Waals surface area contributed by atoms with Gasteiger partial charge in [0.05, 0.1) is 0 Å². The molecular formula is C17H18ClFN2O. The van der Waals surface area contributed by atoms with Crippen LogP contribution in [0.3, 0.4) is 0 Å². The van der Waals surface area contributed by atoms with Gasteiger partial charge in [-0.15, -0.1) is 0 Å². The number of hydrogen-bond acceptors (Lipinski definition) is 2. The smallest absolute Gasteiger partial charge is 0.222 e. The van der Waals surface area contributed by atoms with Gasteiger partial charge in [-0.1, -0.05) is 29.8 Å². The molecule has 0 aliphatic carbocycles. The summed E-state index contributed by atoms with van der Waals surface area (Å²) in [4.78, 5) is 11.8. The molecular weight excluding hydrogens is 303 g/mol. The molecule has 5 heteroatoms. The molecule has 0 aromatic heterocycles. The van der Waals surface area contributed by atoms with Crippen LogP contribution in [0.2, 0.25) is 5.02 Å². The van der Waals surface area contributed by atoms with Crippen molar-refractivity contribution in [2.75, 3.05) is 11.9 Å². The molecule has 0 radical (unpaired) electrons. The molecule has 0 aliphatic rings. The molecule has 0 spiro atoms. The van der Waals surface area contributed by atoms with E-state index >= 15 is 0 Å². The average molecular weight is 321 g/mol. The minimum atomic E-state index is -0.308. The van der Waals surface area contributed by atoms with E-state index in [4.69, 9.17) is 11.6 Å². The Balaban J connectivity index is 1.75. The van der Waals surface area contributed by atoms with Gasteiger partial charge >= 0.3 is 0 Å². The predicted octanol–water partition coefficient (Wildman–Crippen LogP) is 3.91. The van der Waals surface area contributed by atoms with Gasteiger partial charge in [0.1, 0.15) is 5.82 Å². The van der Waals surface area contributed by atoms with Crippen molar-refractivity contribution in [3.63, 3.8) is 0 Å². The van der Waals surface area contributed by atoms with Crippen molar-refractivity contribution >= 4 is 23.2 Å². The first-order valence-corrected chi connectivity index (χ1v) is 7.44. The molecule has 0 unspecified atom stereocenters. The first-order valence-electron chi connectivity index (χ1n) is 7.06. The molecule has 0 aliphatic heterocycles. The SMILES string of the molecule is Cc1cc(Cl)ccc1NCCC(=O)NCc1ccccc1F. The summed E-state index contributed by atoms with van der Waals surface area (Å²) >= 11 is 5.89. The zero-order valence-corrected chi connectivity index (χ0v) is 13.1. The monoisotopic (exact) mass is 320 g/mol. The highest BCUT2D eigenvalue weighted by Gasteiger charge is 2.05. The maximum absolute atomic E-state index is 13.4. The first-order chi connectivity index (χ1) is 10.6. The Morgan fingerprint density at radius 3 is 2.73 bits per heavy atom. The summed E-state index contributed by atoms with van der Waals surface area (Å²) < 4.78 is 13.4. The first kappa shape index (κ1) is 16.3. The van der Waals surface area contributed by atoms with Crippen LogP contribution in [0.25, 0.3) is 0 Å². The minimum absolute atomic E-state index is 0.123. The third-order valence-corrected chi connectivity index (χ3v) is 3.52. The van der Waals surface area contributed by atoms with Crippen LogP contribution in [-0.4, -0.2) is 12.5 Å². The van der Waals surface area contributed by atoms with E-state index in [-0.39, 0.29) is 18.3 Å². The molecule has 0 atom stereocenters. The highest BCUT2D eigenvalue weighted by molar-refractivity contribution is 6.30. The topological polar surface area (TPSA) is 41.1 Å². The molecule has 0 heterocycles. The molecule has 2 aromatic carbocycles. The third-order valence-electron chi connectivity index (χ3n) is 3.29. The number of rotatable bonds is 6. The van der Waals surface area contributed by atoms with E-state index in [0.717, 1.165) is 11.3 Å². The van der Waals surface area contributed by atoms with E-state index < -0.39 is 0 Å². The number of nitrogens with one attached hydrogen (secondary N) is 2. The zero-order chi connectivity index (χ0) is 15.9. The molecule has 0 fully saturated rings. The fraction of sp³-hybridized carbons (Fsp3) is 0.235. The van der Waals surface area contributed by atoms with Crippen LogP contribution in [0.4, 0.5) is 10.1 Å². The fourth-order valence-electron chi connectivity index (χ4n) is 2.06. The fourth-order valence-corrected chi connectivity index (χ4v) is 2.29. The van der Waals surface area contributed by atoms with Crippen LogP contribution in [0, 0.1) is 12.7 Å². The summed E-state index contributed by atoms with van der Waals surface area (Å²) in [6, 6.07) is 12.0. The Labute approximate surface area is 134 Å². The van der Waals surface area contributed by atoms with Gasteiger partial charge in [0.25, 0.3) is 0 Å². The standard InChI is InChI=1S/C17H18ClFN2O/c1-12-10-14(18)6-7-16(12)20-9-8-17(22)21-11-13-4-2-3-5-15(13)19/h2-7,10,20H,8-9,11H2,1H3,(H,21,22). The van der Waals surface area contributed by atoms with Crippen molar-refractivity contribution in [2.45, 2.75) is 19.9 Å². The Hall–Kier alpha value is -2.07. The molecule has 3 nitrogen and oxygen atoms in total. The maximum atomic E-state index is 13.4. The molecule has 2 N–H and O–H groups in total. The Morgan fingerprint density at radius 2 is 2.00 bits per heavy atom. The highest BCUT2D eigenvalue weighted by atomic mass is 35.5. The lowest BCUT2D eigenvalue weighted by atomic mass is 10.2. The summed E-state index contributed by atoms with van der Waals surface area (Å²) in [6.07, 6.45) is 0.316. The van der Waals surface area contributed by atoms with E-state index in [2.05, 4.69) is 10.6 Å². The van der Waals surface area contributed by atoms with Crippen molar-refractivity contribution in [3.05, 3.63) is 64.4 Å². The molecule has 0 bridgehead atoms.